The molecule has 0 aliphatic carbocycles. The molecule has 1 aliphatic rings. The molecule has 0 saturated carbocycles. The lowest BCUT2D eigenvalue weighted by atomic mass is 9.97. The van der Waals surface area contributed by atoms with Gasteiger partial charge in [0.2, 0.25) is 0 Å². The predicted molar refractivity (Wildman–Crippen MR) is 59.4 cm³/mol. The van der Waals surface area contributed by atoms with Crippen LogP contribution in [0.5, 0.6) is 0 Å². The lowest BCUT2D eigenvalue weighted by Gasteiger charge is -2.33. The SMILES string of the molecule is CCC(O)CN1CCCC(CNC)C1. The van der Waals surface area contributed by atoms with Crippen LogP contribution in [0.15, 0.2) is 0 Å². The summed E-state index contributed by atoms with van der Waals surface area (Å²) in [6.07, 6.45) is 3.35. The highest BCUT2D eigenvalue weighted by Crippen LogP contribution is 2.16. The second-order valence-electron chi connectivity index (χ2n) is 4.39. The fraction of sp³-hybridized carbons (Fsp3) is 1.00. The van der Waals surface area contributed by atoms with Gasteiger partial charge in [-0.05, 0) is 45.3 Å². The van der Waals surface area contributed by atoms with E-state index in [0.29, 0.717) is 0 Å². The zero-order valence-corrected chi connectivity index (χ0v) is 9.50. The van der Waals surface area contributed by atoms with Gasteiger partial charge in [-0.25, -0.2) is 0 Å². The number of piperidine rings is 1. The summed E-state index contributed by atoms with van der Waals surface area (Å²) in [5, 5.41) is 12.8. The third kappa shape index (κ3) is 3.95. The highest BCUT2D eigenvalue weighted by molar-refractivity contribution is 4.75. The first kappa shape index (κ1) is 12.0. The van der Waals surface area contributed by atoms with E-state index in [2.05, 4.69) is 10.2 Å². The molecule has 1 saturated heterocycles. The van der Waals surface area contributed by atoms with Crippen LogP contribution in [-0.2, 0) is 0 Å². The van der Waals surface area contributed by atoms with Crippen LogP contribution in [0.1, 0.15) is 26.2 Å². The molecule has 0 spiro atoms. The van der Waals surface area contributed by atoms with Crippen molar-refractivity contribution < 1.29 is 5.11 Å². The van der Waals surface area contributed by atoms with Gasteiger partial charge < -0.3 is 15.3 Å². The molecule has 2 unspecified atom stereocenters. The fourth-order valence-electron chi connectivity index (χ4n) is 2.20. The molecular formula is C11H24N2O. The number of nitrogens with zero attached hydrogens (tertiary/aromatic N) is 1. The summed E-state index contributed by atoms with van der Waals surface area (Å²) >= 11 is 0. The Morgan fingerprint density at radius 2 is 2.36 bits per heavy atom. The lowest BCUT2D eigenvalue weighted by molar-refractivity contribution is 0.0824. The van der Waals surface area contributed by atoms with Crippen LogP contribution >= 0.6 is 0 Å². The number of aliphatic hydroxyl groups is 1. The van der Waals surface area contributed by atoms with Crippen molar-refractivity contribution in [1.29, 1.82) is 0 Å². The minimum atomic E-state index is -0.136. The summed E-state index contributed by atoms with van der Waals surface area (Å²) in [4.78, 5) is 2.40. The van der Waals surface area contributed by atoms with Crippen LogP contribution < -0.4 is 5.32 Å². The van der Waals surface area contributed by atoms with E-state index in [-0.39, 0.29) is 6.10 Å². The maximum absolute atomic E-state index is 9.57. The van der Waals surface area contributed by atoms with E-state index in [1.165, 1.54) is 12.8 Å². The van der Waals surface area contributed by atoms with Crippen LogP contribution in [0, 0.1) is 5.92 Å². The number of nitrogens with one attached hydrogen (secondary N) is 1. The topological polar surface area (TPSA) is 35.5 Å². The van der Waals surface area contributed by atoms with Gasteiger partial charge in [-0.2, -0.15) is 0 Å². The molecule has 2 N–H and O–H groups in total. The summed E-state index contributed by atoms with van der Waals surface area (Å²) in [5.74, 6) is 0.776. The molecule has 0 aromatic rings. The molecule has 0 radical (unpaired) electrons. The second-order valence-corrected chi connectivity index (χ2v) is 4.39. The van der Waals surface area contributed by atoms with Gasteiger partial charge in [-0.15, -0.1) is 0 Å². The first-order valence-electron chi connectivity index (χ1n) is 5.81. The van der Waals surface area contributed by atoms with Crippen molar-refractivity contribution in [2.24, 2.45) is 5.92 Å². The Morgan fingerprint density at radius 1 is 1.57 bits per heavy atom. The quantitative estimate of drug-likeness (QED) is 0.685. The summed E-state index contributed by atoms with van der Waals surface area (Å²) in [7, 11) is 2.01. The third-order valence-corrected chi connectivity index (χ3v) is 3.04. The maximum Gasteiger partial charge on any atom is 0.0664 e. The number of aliphatic hydroxyl groups excluding tert-OH is 1. The first-order valence-corrected chi connectivity index (χ1v) is 5.81. The Balaban J connectivity index is 2.25. The maximum atomic E-state index is 9.57. The van der Waals surface area contributed by atoms with Crippen molar-refractivity contribution in [1.82, 2.24) is 10.2 Å². The smallest absolute Gasteiger partial charge is 0.0664 e. The second kappa shape index (κ2) is 6.38. The van der Waals surface area contributed by atoms with Crippen molar-refractivity contribution in [2.45, 2.75) is 32.3 Å². The Labute approximate surface area is 87.5 Å². The van der Waals surface area contributed by atoms with E-state index in [1.54, 1.807) is 0 Å². The predicted octanol–water partition coefficient (Wildman–Crippen LogP) is 0.689. The molecule has 84 valence electrons. The Morgan fingerprint density at radius 3 is 3.00 bits per heavy atom. The third-order valence-electron chi connectivity index (χ3n) is 3.04. The number of rotatable bonds is 5. The minimum Gasteiger partial charge on any atom is -0.392 e. The standard InChI is InChI=1S/C11H24N2O/c1-3-11(14)9-13-6-4-5-10(8-13)7-12-2/h10-12,14H,3-9H2,1-2H3. The molecule has 0 amide bonds. The first-order chi connectivity index (χ1) is 6.76. The Bertz CT molecular complexity index is 150. The van der Waals surface area contributed by atoms with Gasteiger partial charge in [0.1, 0.15) is 0 Å². The van der Waals surface area contributed by atoms with Gasteiger partial charge in [0.15, 0.2) is 0 Å². The van der Waals surface area contributed by atoms with Gasteiger partial charge >= 0.3 is 0 Å². The van der Waals surface area contributed by atoms with Crippen LogP contribution in [0.25, 0.3) is 0 Å². The van der Waals surface area contributed by atoms with E-state index in [1.807, 2.05) is 14.0 Å². The number of hydrogen-bond acceptors (Lipinski definition) is 3. The molecule has 3 heteroatoms. The van der Waals surface area contributed by atoms with E-state index in [0.717, 1.165) is 38.5 Å². The average Bonchev–Trinajstić information content (AvgIpc) is 2.19. The van der Waals surface area contributed by atoms with E-state index < -0.39 is 0 Å². The van der Waals surface area contributed by atoms with Crippen LogP contribution in [0.3, 0.4) is 0 Å². The molecule has 0 aromatic carbocycles. The molecule has 1 fully saturated rings. The van der Waals surface area contributed by atoms with E-state index in [9.17, 15) is 5.11 Å². The largest absolute Gasteiger partial charge is 0.392 e. The van der Waals surface area contributed by atoms with Gasteiger partial charge in [-0.3, -0.25) is 0 Å². The molecule has 0 aromatic heterocycles. The highest BCUT2D eigenvalue weighted by atomic mass is 16.3. The fourth-order valence-corrected chi connectivity index (χ4v) is 2.20. The number of β-amino-alcohol motifs (C(OH)–C–C–N with tert-alkyl or cyclic N) is 1. The highest BCUT2D eigenvalue weighted by Gasteiger charge is 2.20. The summed E-state index contributed by atoms with van der Waals surface area (Å²) in [6, 6.07) is 0. The number of likely N-dealkylation sites (tertiary alicyclic amines) is 1. The average molecular weight is 200 g/mol. The minimum absolute atomic E-state index is 0.136. The van der Waals surface area contributed by atoms with Gasteiger partial charge in [0.05, 0.1) is 6.10 Å². The molecule has 3 nitrogen and oxygen atoms in total. The van der Waals surface area contributed by atoms with Crippen molar-refractivity contribution in [3.63, 3.8) is 0 Å². The molecule has 1 rings (SSSR count). The van der Waals surface area contributed by atoms with Gasteiger partial charge in [0.25, 0.3) is 0 Å². The molecule has 1 aliphatic heterocycles. The summed E-state index contributed by atoms with van der Waals surface area (Å²) in [5.41, 5.74) is 0. The van der Waals surface area contributed by atoms with E-state index in [4.69, 9.17) is 0 Å². The van der Waals surface area contributed by atoms with Crippen LogP contribution in [-0.4, -0.2) is 49.3 Å². The van der Waals surface area contributed by atoms with Crippen LogP contribution in [0.2, 0.25) is 0 Å². The Hall–Kier alpha value is -0.120. The van der Waals surface area contributed by atoms with E-state index >= 15 is 0 Å². The lowest BCUT2D eigenvalue weighted by Crippen LogP contribution is -2.42. The van der Waals surface area contributed by atoms with Crippen LogP contribution in [0.4, 0.5) is 0 Å². The molecule has 1 heterocycles. The molecule has 14 heavy (non-hydrogen) atoms. The van der Waals surface area contributed by atoms with Crippen molar-refractivity contribution in [3.8, 4) is 0 Å². The van der Waals surface area contributed by atoms with Crippen molar-refractivity contribution in [3.05, 3.63) is 0 Å². The summed E-state index contributed by atoms with van der Waals surface area (Å²) in [6.45, 7) is 6.32. The van der Waals surface area contributed by atoms with Crippen molar-refractivity contribution in [2.75, 3.05) is 33.2 Å². The molecule has 0 bridgehead atoms. The Kier molecular flexibility index (Phi) is 5.45. The monoisotopic (exact) mass is 200 g/mol. The summed E-state index contributed by atoms with van der Waals surface area (Å²) < 4.78 is 0. The normalized spacial score (nSPS) is 26.4. The molecular weight excluding hydrogens is 176 g/mol. The molecule has 2 atom stereocenters. The zero-order valence-electron chi connectivity index (χ0n) is 9.50. The number of hydrogen-bond donors (Lipinski definition) is 2. The van der Waals surface area contributed by atoms with Crippen molar-refractivity contribution >= 4 is 0 Å². The zero-order chi connectivity index (χ0) is 10.4. The van der Waals surface area contributed by atoms with Gasteiger partial charge in [-0.1, -0.05) is 6.92 Å². The van der Waals surface area contributed by atoms with Gasteiger partial charge in [0, 0.05) is 13.1 Å².